The Labute approximate surface area is 175 Å². The van der Waals surface area contributed by atoms with Crippen LogP contribution in [-0.4, -0.2) is 56.6 Å². The van der Waals surface area contributed by atoms with Crippen molar-refractivity contribution in [1.29, 1.82) is 0 Å². The first-order valence-corrected chi connectivity index (χ1v) is 10.6. The fourth-order valence-corrected chi connectivity index (χ4v) is 5.09. The lowest BCUT2D eigenvalue weighted by molar-refractivity contribution is -0.0322. The summed E-state index contributed by atoms with van der Waals surface area (Å²) in [5.74, 6) is 0.937. The first-order valence-electron chi connectivity index (χ1n) is 9.77. The largest absolute Gasteiger partial charge is 0.371 e. The van der Waals surface area contributed by atoms with E-state index in [9.17, 15) is 4.79 Å². The molecule has 3 heterocycles. The molecule has 0 saturated carbocycles. The maximum atomic E-state index is 12.6. The van der Waals surface area contributed by atoms with Crippen LogP contribution in [0.4, 0.5) is 5.82 Å². The summed E-state index contributed by atoms with van der Waals surface area (Å²) in [5, 5.41) is 3.89. The number of aromatic nitrogens is 1. The van der Waals surface area contributed by atoms with Crippen molar-refractivity contribution < 1.29 is 9.53 Å². The highest BCUT2D eigenvalue weighted by molar-refractivity contribution is 7.21. The van der Waals surface area contributed by atoms with E-state index < -0.39 is 0 Å². The zero-order valence-electron chi connectivity index (χ0n) is 17.0. The number of benzene rings is 1. The van der Waals surface area contributed by atoms with E-state index in [0.29, 0.717) is 6.61 Å². The molecule has 0 bridgehead atoms. The van der Waals surface area contributed by atoms with Crippen LogP contribution in [0.1, 0.15) is 26.9 Å². The van der Waals surface area contributed by atoms with Crippen molar-refractivity contribution in [3.63, 3.8) is 0 Å². The maximum absolute atomic E-state index is 12.6. The van der Waals surface area contributed by atoms with Gasteiger partial charge in [0.25, 0.3) is 5.91 Å². The van der Waals surface area contributed by atoms with Gasteiger partial charge >= 0.3 is 0 Å². The Balaban J connectivity index is 1.63. The Morgan fingerprint density at radius 3 is 2.93 bits per heavy atom. The summed E-state index contributed by atoms with van der Waals surface area (Å²) in [6.07, 6.45) is 1.69. The van der Waals surface area contributed by atoms with Crippen molar-refractivity contribution in [3.05, 3.63) is 58.6 Å². The molecule has 1 fully saturated rings. The summed E-state index contributed by atoms with van der Waals surface area (Å²) >= 11 is 1.53. The van der Waals surface area contributed by atoms with Gasteiger partial charge in [0.05, 0.1) is 17.6 Å². The van der Waals surface area contributed by atoms with Gasteiger partial charge in [-0.1, -0.05) is 24.3 Å². The van der Waals surface area contributed by atoms with Crippen LogP contribution in [0.25, 0.3) is 10.1 Å². The highest BCUT2D eigenvalue weighted by Gasteiger charge is 2.29. The number of rotatable bonds is 5. The number of anilines is 1. The predicted molar refractivity (Wildman–Crippen MR) is 118 cm³/mol. The number of carbonyl (C=O) groups excluding carboxylic acids is 1. The third-order valence-corrected chi connectivity index (χ3v) is 6.41. The molecule has 1 aliphatic rings. The molecule has 4 rings (SSSR count). The summed E-state index contributed by atoms with van der Waals surface area (Å²) in [5.41, 5.74) is 2.20. The SMILES string of the molecule is CNC(=O)c1sc2ccccc2c1[C@H]1CN(Cc2cccnc2N(C)C)CCO1. The van der Waals surface area contributed by atoms with Crippen molar-refractivity contribution in [2.24, 2.45) is 0 Å². The molecule has 7 heteroatoms. The average molecular weight is 411 g/mol. The van der Waals surface area contributed by atoms with Gasteiger partial charge in [0.1, 0.15) is 5.82 Å². The van der Waals surface area contributed by atoms with Crippen LogP contribution in [0.3, 0.4) is 0 Å². The zero-order chi connectivity index (χ0) is 20.4. The topological polar surface area (TPSA) is 57.7 Å². The van der Waals surface area contributed by atoms with E-state index in [1.807, 2.05) is 43.4 Å². The second-order valence-corrected chi connectivity index (χ2v) is 8.45. The van der Waals surface area contributed by atoms with E-state index in [2.05, 4.69) is 33.4 Å². The number of thiophene rings is 1. The van der Waals surface area contributed by atoms with Crippen LogP contribution in [-0.2, 0) is 11.3 Å². The van der Waals surface area contributed by atoms with Crippen LogP contribution < -0.4 is 10.2 Å². The molecule has 1 amide bonds. The van der Waals surface area contributed by atoms with Crippen LogP contribution in [0.15, 0.2) is 42.6 Å². The van der Waals surface area contributed by atoms with Crippen LogP contribution in [0.2, 0.25) is 0 Å². The first kappa shape index (κ1) is 19.8. The van der Waals surface area contributed by atoms with Crippen LogP contribution >= 0.6 is 11.3 Å². The molecule has 1 aromatic carbocycles. The van der Waals surface area contributed by atoms with Crippen molar-refractivity contribution in [1.82, 2.24) is 15.2 Å². The number of fused-ring (bicyclic) bond motifs is 1. The molecule has 2 aromatic heterocycles. The summed E-state index contributed by atoms with van der Waals surface area (Å²) in [7, 11) is 5.71. The molecule has 0 radical (unpaired) electrons. The van der Waals surface area contributed by atoms with Crippen molar-refractivity contribution in [2.75, 3.05) is 45.7 Å². The van der Waals surface area contributed by atoms with E-state index in [-0.39, 0.29) is 12.0 Å². The molecule has 0 spiro atoms. The molecule has 1 atom stereocenters. The Bertz CT molecular complexity index is 1020. The van der Waals surface area contributed by atoms with Crippen LogP contribution in [0.5, 0.6) is 0 Å². The summed E-state index contributed by atoms with van der Waals surface area (Å²) < 4.78 is 7.29. The standard InChI is InChI=1S/C22H26N4O2S/c1-23-22(27)20-19(16-8-4-5-9-18(16)29-20)17-14-26(11-12-28-17)13-15-7-6-10-24-21(15)25(2)3/h4-10,17H,11-14H2,1-3H3,(H,23,27)/t17-/m1/s1. The van der Waals surface area contributed by atoms with E-state index in [0.717, 1.165) is 46.0 Å². The molecular formula is C22H26N4O2S. The fourth-order valence-electron chi connectivity index (χ4n) is 3.89. The van der Waals surface area contributed by atoms with Crippen molar-refractivity contribution >= 4 is 33.1 Å². The number of nitrogens with zero attached hydrogens (tertiary/aromatic N) is 3. The lowest BCUT2D eigenvalue weighted by atomic mass is 10.0. The number of nitrogens with one attached hydrogen (secondary N) is 1. The molecule has 3 aromatic rings. The highest BCUT2D eigenvalue weighted by Crippen LogP contribution is 2.38. The zero-order valence-corrected chi connectivity index (χ0v) is 17.8. The summed E-state index contributed by atoms with van der Waals surface area (Å²) in [4.78, 5) is 22.3. The Kier molecular flexibility index (Phi) is 5.80. The third kappa shape index (κ3) is 3.99. The van der Waals surface area contributed by atoms with Crippen LogP contribution in [0, 0.1) is 0 Å². The first-order chi connectivity index (χ1) is 14.1. The summed E-state index contributed by atoms with van der Waals surface area (Å²) in [6.45, 7) is 3.04. The van der Waals surface area contributed by atoms with E-state index >= 15 is 0 Å². The molecule has 1 N–H and O–H groups in total. The minimum atomic E-state index is -0.133. The smallest absolute Gasteiger partial charge is 0.261 e. The fraction of sp³-hybridized carbons (Fsp3) is 0.364. The van der Waals surface area contributed by atoms with Crippen molar-refractivity contribution in [2.45, 2.75) is 12.6 Å². The Hall–Kier alpha value is -2.48. The second kappa shape index (κ2) is 8.49. The van der Waals surface area contributed by atoms with Gasteiger partial charge in [0.2, 0.25) is 0 Å². The molecule has 0 unspecified atom stereocenters. The molecule has 1 saturated heterocycles. The minimum absolute atomic E-state index is 0.0518. The van der Waals surface area contributed by atoms with Gasteiger partial charge in [0.15, 0.2) is 0 Å². The maximum Gasteiger partial charge on any atom is 0.261 e. The number of pyridine rings is 1. The van der Waals surface area contributed by atoms with Gasteiger partial charge in [-0.15, -0.1) is 11.3 Å². The van der Waals surface area contributed by atoms with Gasteiger partial charge in [0, 0.05) is 62.8 Å². The molecule has 152 valence electrons. The van der Waals surface area contributed by atoms with Gasteiger partial charge in [-0.2, -0.15) is 0 Å². The second-order valence-electron chi connectivity index (χ2n) is 7.40. The minimum Gasteiger partial charge on any atom is -0.371 e. The Morgan fingerprint density at radius 2 is 2.14 bits per heavy atom. The number of morpholine rings is 1. The van der Waals surface area contributed by atoms with Gasteiger partial charge in [-0.3, -0.25) is 9.69 Å². The third-order valence-electron chi connectivity index (χ3n) is 5.22. The van der Waals surface area contributed by atoms with Crippen molar-refractivity contribution in [3.8, 4) is 0 Å². The van der Waals surface area contributed by atoms with Gasteiger partial charge in [-0.25, -0.2) is 4.98 Å². The number of ether oxygens (including phenoxy) is 1. The molecule has 29 heavy (non-hydrogen) atoms. The number of hydrogen-bond donors (Lipinski definition) is 1. The molecule has 1 aliphatic heterocycles. The van der Waals surface area contributed by atoms with E-state index in [1.165, 1.54) is 16.9 Å². The lowest BCUT2D eigenvalue weighted by Gasteiger charge is -2.34. The van der Waals surface area contributed by atoms with E-state index in [1.54, 1.807) is 7.05 Å². The number of amides is 1. The normalized spacial score (nSPS) is 17.4. The number of hydrogen-bond acceptors (Lipinski definition) is 6. The molecule has 6 nitrogen and oxygen atoms in total. The quantitative estimate of drug-likeness (QED) is 0.699. The van der Waals surface area contributed by atoms with Gasteiger partial charge in [-0.05, 0) is 17.5 Å². The summed E-state index contributed by atoms with van der Waals surface area (Å²) in [6, 6.07) is 12.3. The van der Waals surface area contributed by atoms with Gasteiger partial charge < -0.3 is 15.0 Å². The average Bonchev–Trinajstić information content (AvgIpc) is 3.13. The highest BCUT2D eigenvalue weighted by atomic mass is 32.1. The number of carbonyl (C=O) groups is 1. The van der Waals surface area contributed by atoms with E-state index in [4.69, 9.17) is 4.74 Å². The lowest BCUT2D eigenvalue weighted by Crippen LogP contribution is -2.38. The monoisotopic (exact) mass is 410 g/mol. The Morgan fingerprint density at radius 1 is 1.31 bits per heavy atom. The predicted octanol–water partition coefficient (Wildman–Crippen LogP) is 3.30. The molecule has 0 aliphatic carbocycles. The molecular weight excluding hydrogens is 384 g/mol.